The fourth-order valence-corrected chi connectivity index (χ4v) is 6.19. The highest BCUT2D eigenvalue weighted by atomic mass is 31.2. The van der Waals surface area contributed by atoms with Crippen LogP contribution in [0.25, 0.3) is 0 Å². The third-order valence-electron chi connectivity index (χ3n) is 8.69. The average Bonchev–Trinajstić information content (AvgIpc) is 3.02. The summed E-state index contributed by atoms with van der Waals surface area (Å²) >= 11 is 0. The fourth-order valence-electron chi connectivity index (χ4n) is 5.47. The van der Waals surface area contributed by atoms with Crippen LogP contribution in [0.15, 0.2) is 24.3 Å². The second kappa shape index (κ2) is 31.9. The van der Waals surface area contributed by atoms with Crippen LogP contribution in [0.3, 0.4) is 0 Å². The molecule has 0 aromatic rings. The van der Waals surface area contributed by atoms with Gasteiger partial charge in [0.25, 0.3) is 7.82 Å². The minimum atomic E-state index is -4.56. The van der Waals surface area contributed by atoms with Crippen molar-refractivity contribution in [1.29, 1.82) is 0 Å². The van der Waals surface area contributed by atoms with Gasteiger partial charge in [0.1, 0.15) is 13.2 Å². The van der Waals surface area contributed by atoms with Gasteiger partial charge < -0.3 is 28.8 Å². The van der Waals surface area contributed by atoms with E-state index in [1.54, 1.807) is 0 Å². The Kier molecular flexibility index (Phi) is 31.2. The van der Waals surface area contributed by atoms with Gasteiger partial charge in [0, 0.05) is 6.42 Å². The maximum atomic E-state index is 12.8. The molecule has 1 amide bonds. The predicted octanol–water partition coefficient (Wildman–Crippen LogP) is 9.55. The third-order valence-corrected chi connectivity index (χ3v) is 9.66. The summed E-state index contributed by atoms with van der Waals surface area (Å²) in [6, 6.07) is -0.803. The highest BCUT2D eigenvalue weighted by Crippen LogP contribution is 2.38. The zero-order valence-corrected chi connectivity index (χ0v) is 32.8. The van der Waals surface area contributed by atoms with Crippen LogP contribution >= 0.6 is 7.82 Å². The molecule has 0 aliphatic heterocycles. The summed E-state index contributed by atoms with van der Waals surface area (Å²) in [7, 11) is 1.29. The Balaban J connectivity index is 4.48. The van der Waals surface area contributed by atoms with Crippen LogP contribution in [0, 0.1) is 0 Å². The Morgan fingerprint density at radius 1 is 0.729 bits per heavy atom. The maximum absolute atomic E-state index is 12.8. The topological polar surface area (TPSA) is 108 Å². The van der Waals surface area contributed by atoms with Crippen molar-refractivity contribution in [1.82, 2.24) is 5.32 Å². The van der Waals surface area contributed by atoms with Gasteiger partial charge in [-0.25, -0.2) is 0 Å². The molecule has 0 heterocycles. The van der Waals surface area contributed by atoms with E-state index < -0.39 is 20.0 Å². The number of phosphoric ester groups is 1. The lowest BCUT2D eigenvalue weighted by atomic mass is 10.0. The van der Waals surface area contributed by atoms with Crippen molar-refractivity contribution < 1.29 is 32.9 Å². The summed E-state index contributed by atoms with van der Waals surface area (Å²) < 4.78 is 23.1. The number of rotatable bonds is 35. The number of hydrogen-bond acceptors (Lipinski definition) is 6. The number of aliphatic hydroxyl groups is 1. The second-order valence-electron chi connectivity index (χ2n) is 14.6. The van der Waals surface area contributed by atoms with Crippen molar-refractivity contribution in [2.45, 2.75) is 180 Å². The molecule has 0 bridgehead atoms. The molecule has 8 nitrogen and oxygen atoms in total. The average molecular weight is 701 g/mol. The number of nitrogens with zero attached hydrogens (tertiary/aromatic N) is 1. The number of quaternary nitrogens is 1. The first-order valence-corrected chi connectivity index (χ1v) is 21.1. The molecule has 0 saturated heterocycles. The molecule has 3 unspecified atom stereocenters. The van der Waals surface area contributed by atoms with E-state index in [2.05, 4.69) is 43.5 Å². The molecule has 3 atom stereocenters. The summed E-state index contributed by atoms with van der Waals surface area (Å²) in [5.41, 5.74) is 0. The predicted molar refractivity (Wildman–Crippen MR) is 201 cm³/mol. The Hall–Kier alpha value is -1.02. The van der Waals surface area contributed by atoms with Crippen LogP contribution in [-0.4, -0.2) is 68.5 Å². The van der Waals surface area contributed by atoms with Crippen LogP contribution in [0.1, 0.15) is 168 Å². The van der Waals surface area contributed by atoms with E-state index in [0.29, 0.717) is 23.9 Å². The lowest BCUT2D eigenvalue weighted by molar-refractivity contribution is -0.870. The van der Waals surface area contributed by atoms with Gasteiger partial charge in [-0.1, -0.05) is 147 Å². The van der Waals surface area contributed by atoms with E-state index in [1.165, 1.54) is 77.0 Å². The van der Waals surface area contributed by atoms with Crippen molar-refractivity contribution >= 4 is 13.7 Å². The van der Waals surface area contributed by atoms with Crippen LogP contribution < -0.4 is 10.2 Å². The van der Waals surface area contributed by atoms with Gasteiger partial charge in [-0.15, -0.1) is 0 Å². The number of amides is 1. The molecule has 0 saturated carbocycles. The number of hydrogen-bond donors (Lipinski definition) is 2. The number of allylic oxidation sites excluding steroid dienone is 4. The van der Waals surface area contributed by atoms with E-state index in [1.807, 2.05) is 21.1 Å². The number of carbonyl (C=O) groups is 1. The molecule has 0 rings (SSSR count). The van der Waals surface area contributed by atoms with Crippen molar-refractivity contribution in [3.8, 4) is 0 Å². The first-order chi connectivity index (χ1) is 23.0. The van der Waals surface area contributed by atoms with Crippen molar-refractivity contribution in [2.75, 3.05) is 40.9 Å². The summed E-state index contributed by atoms with van der Waals surface area (Å²) in [5, 5.41) is 13.8. The molecule has 0 spiro atoms. The minimum Gasteiger partial charge on any atom is -0.756 e. The van der Waals surface area contributed by atoms with Crippen LogP contribution in [-0.2, 0) is 18.4 Å². The molecule has 48 heavy (non-hydrogen) atoms. The van der Waals surface area contributed by atoms with E-state index in [-0.39, 0.29) is 19.1 Å². The number of phosphoric acid groups is 1. The highest BCUT2D eigenvalue weighted by Gasteiger charge is 2.24. The van der Waals surface area contributed by atoms with Gasteiger partial charge >= 0.3 is 0 Å². The number of likely N-dealkylation sites (N-methyl/N-ethyl adjacent to an activating group) is 1. The molecule has 284 valence electrons. The van der Waals surface area contributed by atoms with Gasteiger partial charge in [0.15, 0.2) is 0 Å². The molecule has 0 aliphatic rings. The van der Waals surface area contributed by atoms with E-state index in [4.69, 9.17) is 9.05 Å². The molecule has 2 N–H and O–H groups in total. The van der Waals surface area contributed by atoms with Crippen molar-refractivity contribution in [2.24, 2.45) is 0 Å². The van der Waals surface area contributed by atoms with Crippen LogP contribution in [0.2, 0.25) is 0 Å². The number of unbranched alkanes of at least 4 members (excludes halogenated alkanes) is 18. The SMILES string of the molecule is CCCC/C=C\C/C=C\CCCCCCCC(=O)NC(COP(=O)([O-])OCC[N+](C)(C)C)C(O)CCCCCCCCCCCCCC. The van der Waals surface area contributed by atoms with E-state index in [9.17, 15) is 19.4 Å². The molecule has 0 aromatic heterocycles. The monoisotopic (exact) mass is 701 g/mol. The van der Waals surface area contributed by atoms with E-state index in [0.717, 1.165) is 64.2 Å². The fraction of sp³-hybridized carbons (Fsp3) is 0.872. The highest BCUT2D eigenvalue weighted by molar-refractivity contribution is 7.45. The van der Waals surface area contributed by atoms with Gasteiger partial charge in [-0.3, -0.25) is 9.36 Å². The van der Waals surface area contributed by atoms with E-state index >= 15 is 0 Å². The molecular weight excluding hydrogens is 623 g/mol. The summed E-state index contributed by atoms with van der Waals surface area (Å²) in [5.74, 6) is -0.182. The first-order valence-electron chi connectivity index (χ1n) is 19.7. The molecule has 0 aliphatic carbocycles. The molecule has 0 fully saturated rings. The van der Waals surface area contributed by atoms with Gasteiger partial charge in [0.2, 0.25) is 5.91 Å². The first kappa shape index (κ1) is 47.0. The maximum Gasteiger partial charge on any atom is 0.268 e. The molecule has 0 aromatic carbocycles. The van der Waals surface area contributed by atoms with Gasteiger partial charge in [-0.2, -0.15) is 0 Å². The smallest absolute Gasteiger partial charge is 0.268 e. The standard InChI is InChI=1S/C39H77N2O6P/c1-6-8-10-12-14-16-18-20-21-23-25-27-29-31-33-39(43)40-37(36-47-48(44,45)46-35-34-41(3,4)5)38(42)32-30-28-26-24-22-19-17-15-13-11-9-7-2/h12,14,18,20,37-38,42H,6-11,13,15-17,19,21-36H2,1-5H3,(H-,40,43,44,45)/b14-12-,20-18-. The lowest BCUT2D eigenvalue weighted by Gasteiger charge is -2.30. The largest absolute Gasteiger partial charge is 0.756 e. The lowest BCUT2D eigenvalue weighted by Crippen LogP contribution is -2.46. The second-order valence-corrected chi connectivity index (χ2v) is 16.0. The Bertz CT molecular complexity index is 845. The van der Waals surface area contributed by atoms with Gasteiger partial charge in [0.05, 0.1) is 39.9 Å². The Labute approximate surface area is 296 Å². The minimum absolute atomic E-state index is 0.00940. The van der Waals surface area contributed by atoms with Gasteiger partial charge in [-0.05, 0) is 38.5 Å². The molecule has 9 heteroatoms. The van der Waals surface area contributed by atoms with Crippen LogP contribution in [0.4, 0.5) is 0 Å². The Morgan fingerprint density at radius 2 is 1.23 bits per heavy atom. The van der Waals surface area contributed by atoms with Crippen molar-refractivity contribution in [3.05, 3.63) is 24.3 Å². The summed E-state index contributed by atoms with van der Waals surface area (Å²) in [6.45, 7) is 4.64. The summed E-state index contributed by atoms with van der Waals surface area (Å²) in [6.07, 6.45) is 34.5. The third kappa shape index (κ3) is 33.5. The molecular formula is C39H77N2O6P. The zero-order valence-electron chi connectivity index (χ0n) is 31.9. The number of carbonyl (C=O) groups excluding carboxylic acids is 1. The Morgan fingerprint density at radius 3 is 1.79 bits per heavy atom. The van der Waals surface area contributed by atoms with Crippen molar-refractivity contribution in [3.63, 3.8) is 0 Å². The number of aliphatic hydroxyl groups excluding tert-OH is 1. The van der Waals surface area contributed by atoms with Crippen LogP contribution in [0.5, 0.6) is 0 Å². The number of nitrogens with one attached hydrogen (secondary N) is 1. The zero-order chi connectivity index (χ0) is 35.8. The summed E-state index contributed by atoms with van der Waals surface area (Å²) in [4.78, 5) is 25.2. The molecule has 0 radical (unpaired) electrons. The normalized spacial score (nSPS) is 14.9. The quantitative estimate of drug-likeness (QED) is 0.0295.